The van der Waals surface area contributed by atoms with Crippen LogP contribution in [0.4, 0.5) is 0 Å². The minimum absolute atomic E-state index is 0.0128. The second-order valence-electron chi connectivity index (χ2n) is 5.40. The van der Waals surface area contributed by atoms with Gasteiger partial charge in [-0.1, -0.05) is 11.6 Å². The van der Waals surface area contributed by atoms with Crippen LogP contribution < -0.4 is 0 Å². The number of rotatable bonds is 3. The van der Waals surface area contributed by atoms with Gasteiger partial charge in [-0.15, -0.1) is 11.3 Å². The van der Waals surface area contributed by atoms with Gasteiger partial charge in [0, 0.05) is 12.0 Å². The van der Waals surface area contributed by atoms with Gasteiger partial charge < -0.3 is 4.74 Å². The van der Waals surface area contributed by atoms with E-state index in [-0.39, 0.29) is 6.10 Å². The molecule has 0 spiro atoms. The van der Waals surface area contributed by atoms with Gasteiger partial charge in [-0.25, -0.2) is 9.97 Å². The average Bonchev–Trinajstić information content (AvgIpc) is 2.99. The number of methoxy groups -OCH3 is 1. The maximum atomic E-state index is 6.41. The van der Waals surface area contributed by atoms with Crippen LogP contribution in [-0.2, 0) is 17.6 Å². The lowest BCUT2D eigenvalue weighted by atomic mass is 10.2. The molecule has 0 aliphatic heterocycles. The highest BCUT2D eigenvalue weighted by Gasteiger charge is 2.35. The molecule has 2 heterocycles. The third kappa shape index (κ3) is 1.89. The van der Waals surface area contributed by atoms with Crippen molar-refractivity contribution >= 4 is 33.2 Å². The van der Waals surface area contributed by atoms with E-state index in [2.05, 4.69) is 4.98 Å². The topological polar surface area (TPSA) is 35.0 Å². The predicted octanol–water partition coefficient (Wildman–Crippen LogP) is 3.93. The Labute approximate surface area is 121 Å². The lowest BCUT2D eigenvalue weighted by Crippen LogP contribution is -2.08. The number of hydrogen-bond donors (Lipinski definition) is 0. The van der Waals surface area contributed by atoms with Gasteiger partial charge in [0.1, 0.15) is 16.1 Å². The molecule has 4 rings (SSSR count). The maximum Gasteiger partial charge on any atom is 0.160 e. The van der Waals surface area contributed by atoms with E-state index < -0.39 is 0 Å². The first-order chi connectivity index (χ1) is 9.28. The highest BCUT2D eigenvalue weighted by Crippen LogP contribution is 2.44. The van der Waals surface area contributed by atoms with Crippen LogP contribution in [-0.4, -0.2) is 17.1 Å². The van der Waals surface area contributed by atoms with E-state index in [1.807, 2.05) is 0 Å². The first kappa shape index (κ1) is 12.1. The van der Waals surface area contributed by atoms with Gasteiger partial charge in [-0.3, -0.25) is 0 Å². The Hall–Kier alpha value is -0.710. The quantitative estimate of drug-likeness (QED) is 0.805. The standard InChI is InChI=1S/C14H15ClN2OS/c1-18-11(7-5-6-7)13-16-12(15)10-8-3-2-4-9(8)19-14(10)17-13/h7,11H,2-6H2,1H3. The molecule has 1 atom stereocenters. The van der Waals surface area contributed by atoms with E-state index >= 15 is 0 Å². The highest BCUT2D eigenvalue weighted by atomic mass is 35.5. The Balaban J connectivity index is 1.86. The van der Waals surface area contributed by atoms with E-state index in [4.69, 9.17) is 21.3 Å². The number of fused-ring (bicyclic) bond motifs is 3. The van der Waals surface area contributed by atoms with Gasteiger partial charge in [0.05, 0.1) is 5.39 Å². The van der Waals surface area contributed by atoms with Gasteiger partial charge >= 0.3 is 0 Å². The van der Waals surface area contributed by atoms with Gasteiger partial charge in [0.2, 0.25) is 0 Å². The first-order valence-corrected chi connectivity index (χ1v) is 7.98. The van der Waals surface area contributed by atoms with Crippen molar-refractivity contribution in [3.8, 4) is 0 Å². The fraction of sp³-hybridized carbons (Fsp3) is 0.571. The SMILES string of the molecule is COC(c1nc(Cl)c2c3c(sc2n1)CCC3)C1CC1. The van der Waals surface area contributed by atoms with Crippen LogP contribution in [0.25, 0.3) is 10.2 Å². The van der Waals surface area contributed by atoms with E-state index in [9.17, 15) is 0 Å². The Morgan fingerprint density at radius 3 is 2.89 bits per heavy atom. The van der Waals surface area contributed by atoms with Crippen molar-refractivity contribution in [2.75, 3.05) is 7.11 Å². The molecule has 0 bridgehead atoms. The molecule has 1 saturated carbocycles. The zero-order chi connectivity index (χ0) is 13.0. The summed E-state index contributed by atoms with van der Waals surface area (Å²) < 4.78 is 5.56. The molecule has 0 saturated heterocycles. The number of ether oxygens (including phenoxy) is 1. The number of nitrogens with zero attached hydrogens (tertiary/aromatic N) is 2. The van der Waals surface area contributed by atoms with E-state index in [0.717, 1.165) is 22.5 Å². The monoisotopic (exact) mass is 294 g/mol. The molecule has 2 aliphatic carbocycles. The fourth-order valence-electron chi connectivity index (χ4n) is 3.00. The molecule has 0 radical (unpaired) electrons. The number of halogens is 1. The van der Waals surface area contributed by atoms with Crippen LogP contribution in [0.2, 0.25) is 5.15 Å². The molecule has 19 heavy (non-hydrogen) atoms. The van der Waals surface area contributed by atoms with Crippen LogP contribution in [0.1, 0.15) is 41.6 Å². The average molecular weight is 295 g/mol. The van der Waals surface area contributed by atoms with E-state index in [1.165, 1.54) is 36.1 Å². The third-order valence-electron chi connectivity index (χ3n) is 4.10. The minimum atomic E-state index is 0.0128. The normalized spacial score (nSPS) is 19.9. The largest absolute Gasteiger partial charge is 0.373 e. The van der Waals surface area contributed by atoms with Crippen molar-refractivity contribution in [1.29, 1.82) is 0 Å². The van der Waals surface area contributed by atoms with E-state index in [0.29, 0.717) is 11.1 Å². The number of aryl methyl sites for hydroxylation is 2. The summed E-state index contributed by atoms with van der Waals surface area (Å²) in [6.07, 6.45) is 5.94. The van der Waals surface area contributed by atoms with Crippen LogP contribution in [0.15, 0.2) is 0 Å². The lowest BCUT2D eigenvalue weighted by molar-refractivity contribution is 0.0775. The van der Waals surface area contributed by atoms with Gasteiger partial charge in [0.15, 0.2) is 5.82 Å². The van der Waals surface area contributed by atoms with Crippen molar-refractivity contribution in [3.63, 3.8) is 0 Å². The summed E-state index contributed by atoms with van der Waals surface area (Å²) in [4.78, 5) is 11.7. The predicted molar refractivity (Wildman–Crippen MR) is 76.9 cm³/mol. The Morgan fingerprint density at radius 1 is 1.32 bits per heavy atom. The zero-order valence-corrected chi connectivity index (χ0v) is 12.4. The van der Waals surface area contributed by atoms with Crippen molar-refractivity contribution < 1.29 is 4.74 Å². The van der Waals surface area contributed by atoms with Crippen LogP contribution in [0.5, 0.6) is 0 Å². The summed E-state index contributed by atoms with van der Waals surface area (Å²) in [5.74, 6) is 1.34. The molecule has 2 aromatic rings. The van der Waals surface area contributed by atoms with Crippen LogP contribution in [0, 0.1) is 5.92 Å². The molecule has 5 heteroatoms. The van der Waals surface area contributed by atoms with Crippen molar-refractivity contribution in [2.45, 2.75) is 38.2 Å². The zero-order valence-electron chi connectivity index (χ0n) is 10.8. The molecular weight excluding hydrogens is 280 g/mol. The van der Waals surface area contributed by atoms with Crippen LogP contribution in [0.3, 0.4) is 0 Å². The Bertz CT molecular complexity index is 650. The van der Waals surface area contributed by atoms with Crippen molar-refractivity contribution in [3.05, 3.63) is 21.4 Å². The summed E-state index contributed by atoms with van der Waals surface area (Å²) in [5, 5.41) is 1.70. The molecule has 100 valence electrons. The summed E-state index contributed by atoms with van der Waals surface area (Å²) in [6.45, 7) is 0. The minimum Gasteiger partial charge on any atom is -0.373 e. The third-order valence-corrected chi connectivity index (χ3v) is 5.56. The fourth-order valence-corrected chi connectivity index (χ4v) is 4.62. The summed E-state index contributed by atoms with van der Waals surface area (Å²) in [7, 11) is 1.73. The molecule has 2 aliphatic rings. The van der Waals surface area contributed by atoms with Crippen molar-refractivity contribution in [1.82, 2.24) is 9.97 Å². The molecule has 2 aromatic heterocycles. The maximum absolute atomic E-state index is 6.41. The molecule has 0 aromatic carbocycles. The molecule has 1 fully saturated rings. The number of thiophene rings is 1. The summed E-state index contributed by atoms with van der Waals surface area (Å²) >= 11 is 8.20. The van der Waals surface area contributed by atoms with Crippen molar-refractivity contribution in [2.24, 2.45) is 5.92 Å². The second-order valence-corrected chi connectivity index (χ2v) is 6.85. The molecule has 1 unspecified atom stereocenters. The van der Waals surface area contributed by atoms with Gasteiger partial charge in [-0.2, -0.15) is 0 Å². The highest BCUT2D eigenvalue weighted by molar-refractivity contribution is 7.19. The molecule has 0 amide bonds. The summed E-state index contributed by atoms with van der Waals surface area (Å²) in [5.41, 5.74) is 1.39. The van der Waals surface area contributed by atoms with Gasteiger partial charge in [-0.05, 0) is 43.6 Å². The van der Waals surface area contributed by atoms with E-state index in [1.54, 1.807) is 18.4 Å². The Morgan fingerprint density at radius 2 is 2.16 bits per heavy atom. The number of aromatic nitrogens is 2. The number of hydrogen-bond acceptors (Lipinski definition) is 4. The summed E-state index contributed by atoms with van der Waals surface area (Å²) in [6, 6.07) is 0. The molecule has 0 N–H and O–H groups in total. The molecular formula is C14H15ClN2OS. The van der Waals surface area contributed by atoms with Crippen LogP contribution >= 0.6 is 22.9 Å². The second kappa shape index (κ2) is 4.40. The van der Waals surface area contributed by atoms with Gasteiger partial charge in [0.25, 0.3) is 0 Å². The smallest absolute Gasteiger partial charge is 0.160 e. The molecule has 3 nitrogen and oxygen atoms in total. The lowest BCUT2D eigenvalue weighted by Gasteiger charge is -2.13. The Kier molecular flexibility index (Phi) is 2.79. The first-order valence-electron chi connectivity index (χ1n) is 6.78.